The molecule has 1 aliphatic rings. The second-order valence-electron chi connectivity index (χ2n) is 7.09. The zero-order chi connectivity index (χ0) is 21.0. The van der Waals surface area contributed by atoms with Crippen molar-refractivity contribution in [1.82, 2.24) is 15.2 Å². The van der Waals surface area contributed by atoms with Crippen molar-refractivity contribution in [3.05, 3.63) is 58.3 Å². The van der Waals surface area contributed by atoms with E-state index in [1.165, 1.54) is 23.5 Å². The maximum absolute atomic E-state index is 13.4. The van der Waals surface area contributed by atoms with Gasteiger partial charge in [0.2, 0.25) is 10.0 Å². The summed E-state index contributed by atoms with van der Waals surface area (Å²) in [6, 6.07) is 11.6. The van der Waals surface area contributed by atoms with Gasteiger partial charge in [0.05, 0.1) is 16.5 Å². The van der Waals surface area contributed by atoms with E-state index in [1.807, 2.05) is 6.07 Å². The number of nitrogens with one attached hydrogen (secondary N) is 2. The van der Waals surface area contributed by atoms with Gasteiger partial charge in [0.15, 0.2) is 0 Å². The Balaban J connectivity index is 1.52. The Labute approximate surface area is 179 Å². The topological polar surface area (TPSA) is 70.7 Å². The summed E-state index contributed by atoms with van der Waals surface area (Å²) in [5.41, 5.74) is 7.33. The Morgan fingerprint density at radius 2 is 2.03 bits per heavy atom. The quantitative estimate of drug-likeness (QED) is 0.597. The fourth-order valence-corrected chi connectivity index (χ4v) is 5.35. The molecular formula is C20H25BrFN3O3S. The SMILES string of the molecule is COc1ccc(S(=O)(=O)N(C)CCCC2CC(c3cccc(F)c3)NN2)cc1Br. The van der Waals surface area contributed by atoms with E-state index in [4.69, 9.17) is 4.74 Å². The summed E-state index contributed by atoms with van der Waals surface area (Å²) in [6.45, 7) is 0.412. The number of benzene rings is 2. The largest absolute Gasteiger partial charge is 0.496 e. The van der Waals surface area contributed by atoms with Crippen molar-refractivity contribution in [1.29, 1.82) is 0 Å². The molecule has 3 rings (SSSR count). The van der Waals surface area contributed by atoms with Crippen molar-refractivity contribution in [3.8, 4) is 5.75 Å². The van der Waals surface area contributed by atoms with Gasteiger partial charge in [-0.25, -0.2) is 17.1 Å². The molecule has 0 saturated carbocycles. The van der Waals surface area contributed by atoms with Crippen molar-refractivity contribution in [2.75, 3.05) is 20.7 Å². The van der Waals surface area contributed by atoms with Crippen LogP contribution in [0.25, 0.3) is 0 Å². The monoisotopic (exact) mass is 485 g/mol. The van der Waals surface area contributed by atoms with Crippen LogP contribution in [0.4, 0.5) is 4.39 Å². The number of ether oxygens (including phenoxy) is 1. The van der Waals surface area contributed by atoms with Crippen LogP contribution in [0.15, 0.2) is 51.8 Å². The first-order valence-electron chi connectivity index (χ1n) is 9.37. The predicted molar refractivity (Wildman–Crippen MR) is 114 cm³/mol. The average molecular weight is 486 g/mol. The second kappa shape index (κ2) is 9.53. The number of halogens is 2. The van der Waals surface area contributed by atoms with E-state index in [9.17, 15) is 12.8 Å². The molecule has 0 amide bonds. The van der Waals surface area contributed by atoms with Crippen molar-refractivity contribution in [2.45, 2.75) is 36.2 Å². The van der Waals surface area contributed by atoms with Gasteiger partial charge in [-0.05, 0) is 71.1 Å². The normalized spacial score (nSPS) is 19.6. The van der Waals surface area contributed by atoms with Crippen LogP contribution in [0.1, 0.15) is 30.9 Å². The highest BCUT2D eigenvalue weighted by Gasteiger charge is 2.26. The maximum atomic E-state index is 13.4. The van der Waals surface area contributed by atoms with Gasteiger partial charge in [0, 0.05) is 25.7 Å². The molecule has 29 heavy (non-hydrogen) atoms. The predicted octanol–water partition coefficient (Wildman–Crippen LogP) is 3.61. The number of sulfonamides is 1. The molecule has 0 radical (unpaired) electrons. The van der Waals surface area contributed by atoms with Crippen molar-refractivity contribution in [2.24, 2.45) is 0 Å². The van der Waals surface area contributed by atoms with E-state index < -0.39 is 10.0 Å². The summed E-state index contributed by atoms with van der Waals surface area (Å²) in [5.74, 6) is 0.337. The van der Waals surface area contributed by atoms with Crippen LogP contribution in [0.3, 0.4) is 0 Å². The van der Waals surface area contributed by atoms with Gasteiger partial charge in [-0.3, -0.25) is 10.9 Å². The summed E-state index contributed by atoms with van der Waals surface area (Å²) < 4.78 is 46.1. The van der Waals surface area contributed by atoms with Gasteiger partial charge in [0.1, 0.15) is 11.6 Å². The standard InChI is InChI=1S/C20H25BrFN3O3S/c1-25(29(26,27)17-8-9-20(28-2)18(21)13-17)10-4-7-16-12-19(24-23-16)14-5-3-6-15(22)11-14/h3,5-6,8-9,11,13,16,19,23-24H,4,7,10,12H2,1-2H3. The third-order valence-electron chi connectivity index (χ3n) is 5.09. The third kappa shape index (κ3) is 5.35. The molecule has 1 heterocycles. The van der Waals surface area contributed by atoms with Crippen molar-refractivity contribution in [3.63, 3.8) is 0 Å². The van der Waals surface area contributed by atoms with E-state index in [0.29, 0.717) is 23.2 Å². The van der Waals surface area contributed by atoms with Gasteiger partial charge >= 0.3 is 0 Å². The Morgan fingerprint density at radius 1 is 1.24 bits per heavy atom. The number of rotatable bonds is 8. The molecule has 2 N–H and O–H groups in total. The lowest BCUT2D eigenvalue weighted by atomic mass is 10.00. The number of methoxy groups -OCH3 is 1. The molecule has 1 saturated heterocycles. The third-order valence-corrected chi connectivity index (χ3v) is 7.56. The zero-order valence-electron chi connectivity index (χ0n) is 16.4. The van der Waals surface area contributed by atoms with Crippen LogP contribution >= 0.6 is 15.9 Å². The van der Waals surface area contributed by atoms with E-state index >= 15 is 0 Å². The van der Waals surface area contributed by atoms with Crippen LogP contribution in [0, 0.1) is 5.82 Å². The first-order valence-corrected chi connectivity index (χ1v) is 11.6. The summed E-state index contributed by atoms with van der Waals surface area (Å²) in [6.07, 6.45) is 2.35. The summed E-state index contributed by atoms with van der Waals surface area (Å²) >= 11 is 3.33. The molecule has 1 fully saturated rings. The summed E-state index contributed by atoms with van der Waals surface area (Å²) in [7, 11) is -0.451. The van der Waals surface area contributed by atoms with Crippen molar-refractivity contribution < 1.29 is 17.5 Å². The first kappa shape index (κ1) is 22.2. The Bertz CT molecular complexity index is 958. The lowest BCUT2D eigenvalue weighted by Crippen LogP contribution is -2.32. The molecule has 6 nitrogen and oxygen atoms in total. The van der Waals surface area contributed by atoms with Gasteiger partial charge < -0.3 is 4.74 Å². The second-order valence-corrected chi connectivity index (χ2v) is 9.99. The maximum Gasteiger partial charge on any atom is 0.242 e. The highest BCUT2D eigenvalue weighted by atomic mass is 79.9. The van der Waals surface area contributed by atoms with E-state index in [0.717, 1.165) is 18.4 Å². The molecule has 2 atom stereocenters. The Morgan fingerprint density at radius 3 is 2.72 bits per heavy atom. The summed E-state index contributed by atoms with van der Waals surface area (Å²) in [5, 5.41) is 0. The molecule has 158 valence electrons. The molecule has 2 aromatic carbocycles. The van der Waals surface area contributed by atoms with E-state index in [-0.39, 0.29) is 22.8 Å². The van der Waals surface area contributed by atoms with Crippen LogP contribution in [0.5, 0.6) is 5.75 Å². The molecule has 0 aliphatic carbocycles. The highest BCUT2D eigenvalue weighted by molar-refractivity contribution is 9.10. The van der Waals surface area contributed by atoms with E-state index in [2.05, 4.69) is 26.8 Å². The molecule has 2 aromatic rings. The van der Waals surface area contributed by atoms with Gasteiger partial charge in [-0.1, -0.05) is 12.1 Å². The van der Waals surface area contributed by atoms with Gasteiger partial charge in [-0.15, -0.1) is 0 Å². The molecule has 0 spiro atoms. The fourth-order valence-electron chi connectivity index (χ4n) is 3.42. The molecule has 9 heteroatoms. The smallest absolute Gasteiger partial charge is 0.242 e. The van der Waals surface area contributed by atoms with Crippen LogP contribution in [-0.2, 0) is 10.0 Å². The minimum atomic E-state index is -3.57. The van der Waals surface area contributed by atoms with Gasteiger partial charge in [0.25, 0.3) is 0 Å². The molecule has 0 bridgehead atoms. The van der Waals surface area contributed by atoms with Crippen LogP contribution in [0.2, 0.25) is 0 Å². The van der Waals surface area contributed by atoms with Crippen LogP contribution in [-0.4, -0.2) is 39.5 Å². The van der Waals surface area contributed by atoms with Crippen LogP contribution < -0.4 is 15.6 Å². The van der Waals surface area contributed by atoms with E-state index in [1.54, 1.807) is 31.3 Å². The lowest BCUT2D eigenvalue weighted by Gasteiger charge is -2.19. The molecule has 2 unspecified atom stereocenters. The zero-order valence-corrected chi connectivity index (χ0v) is 18.8. The number of nitrogens with zero attached hydrogens (tertiary/aromatic N) is 1. The number of hydrogen-bond acceptors (Lipinski definition) is 5. The van der Waals surface area contributed by atoms with Gasteiger partial charge in [-0.2, -0.15) is 0 Å². The average Bonchev–Trinajstić information content (AvgIpc) is 3.16. The Hall–Kier alpha value is -1.52. The minimum absolute atomic E-state index is 0.0498. The highest BCUT2D eigenvalue weighted by Crippen LogP contribution is 2.29. The summed E-state index contributed by atoms with van der Waals surface area (Å²) in [4.78, 5) is 0.222. The minimum Gasteiger partial charge on any atom is -0.496 e. The van der Waals surface area contributed by atoms with Crippen molar-refractivity contribution >= 4 is 26.0 Å². The molecule has 1 aliphatic heterocycles. The molecule has 0 aromatic heterocycles. The fraction of sp³-hybridized carbons (Fsp3) is 0.400. The Kier molecular flexibility index (Phi) is 7.28. The number of hydrogen-bond donors (Lipinski definition) is 2. The molecular weight excluding hydrogens is 461 g/mol. The first-order chi connectivity index (χ1) is 13.8. The lowest BCUT2D eigenvalue weighted by molar-refractivity contribution is 0.411. The number of hydrazine groups is 1.